The van der Waals surface area contributed by atoms with Crippen LogP contribution < -0.4 is 10.2 Å². The van der Waals surface area contributed by atoms with Crippen LogP contribution in [0.5, 0.6) is 0 Å². The summed E-state index contributed by atoms with van der Waals surface area (Å²) >= 11 is 26.7. The number of carbonyl (C=O) groups is 5. The number of thiazole rings is 1. The Hall–Kier alpha value is -4.02. The third-order valence-electron chi connectivity index (χ3n) is 9.95. The number of esters is 2. The molecule has 0 bridgehead atoms. The molecule has 380 valence electrons. The number of hydrogen-bond acceptors (Lipinski definition) is 15. The zero-order chi connectivity index (χ0) is 52.0. The van der Waals surface area contributed by atoms with Crippen LogP contribution in [0.4, 0.5) is 14.7 Å². The van der Waals surface area contributed by atoms with Gasteiger partial charge in [-0.15, -0.1) is 11.3 Å². The lowest BCUT2D eigenvalue weighted by Gasteiger charge is -2.40. The standard InChI is InChI=1S/C24H31Cl2N3O4S.C13H13Cl2NOS.C11H20N2O4/c1-14(2)11-19-20(15-7-8-16(25)17(26)12-15)27-22(34-19)28-9-10-29(18(13-28)21(30)32-6)23(31)33-24(3,4)5;1-8(2)5-12(18-7-16)13(17)9-3-4-10(14)11(15)6-9;1-11(2,3)17-10(15)13-6-5-12-7-8(13)9(14)16-4/h7-8,12,14,18H,9-11,13H2,1-6H3;3-4,6,8,12H,5H2,1-2H3;8,12H,5-7H2,1-4H3. The number of halogens is 4. The van der Waals surface area contributed by atoms with Crippen molar-refractivity contribution >= 4 is 105 Å². The molecule has 1 aromatic heterocycles. The van der Waals surface area contributed by atoms with Crippen molar-refractivity contribution in [1.82, 2.24) is 20.1 Å². The molecule has 0 radical (unpaired) electrons. The SMILES string of the molecule is CC(C)CC(SC#N)C(=O)c1ccc(Cl)c(Cl)c1.COC(=O)C1CN(c2nc(-c3ccc(Cl)c(Cl)c3)c(CC(C)C)s2)CCN1C(=O)OC(C)(C)C.COC(=O)C1CNCCN1C(=O)OC(C)(C)C. The number of thioether (sulfide) groups is 1. The summed E-state index contributed by atoms with van der Waals surface area (Å²) in [4.78, 5) is 72.0. The average Bonchev–Trinajstić information content (AvgIpc) is 3.69. The van der Waals surface area contributed by atoms with Crippen LogP contribution >= 0.6 is 69.5 Å². The number of nitrogens with zero attached hydrogens (tertiary/aromatic N) is 5. The maximum Gasteiger partial charge on any atom is 0.411 e. The minimum atomic E-state index is -0.792. The Morgan fingerprint density at radius 3 is 1.86 bits per heavy atom. The average molecular weight is 1080 g/mol. The lowest BCUT2D eigenvalue weighted by atomic mass is 10.0. The van der Waals surface area contributed by atoms with Crippen LogP contribution in [0.2, 0.25) is 20.1 Å². The zero-order valence-corrected chi connectivity index (χ0v) is 45.9. The topological polar surface area (TPSA) is 181 Å². The number of rotatable bonds is 11. The molecule has 3 unspecified atom stereocenters. The molecule has 69 heavy (non-hydrogen) atoms. The van der Waals surface area contributed by atoms with Gasteiger partial charge >= 0.3 is 24.1 Å². The largest absolute Gasteiger partial charge is 0.467 e. The first kappa shape index (κ1) is 59.3. The fourth-order valence-corrected chi connectivity index (χ4v) is 9.59. The number of ether oxygens (including phenoxy) is 4. The molecule has 2 aliphatic heterocycles. The molecule has 2 aromatic carbocycles. The summed E-state index contributed by atoms with van der Waals surface area (Å²) < 4.78 is 20.4. The number of thiocyanates is 1. The Morgan fingerprint density at radius 1 is 0.797 bits per heavy atom. The maximum absolute atomic E-state index is 12.8. The zero-order valence-electron chi connectivity index (χ0n) is 41.2. The van der Waals surface area contributed by atoms with Gasteiger partial charge in [-0.05, 0) is 108 Å². The molecule has 2 fully saturated rings. The lowest BCUT2D eigenvalue weighted by Crippen LogP contribution is -2.59. The van der Waals surface area contributed by atoms with E-state index in [1.54, 1.807) is 77.1 Å². The molecular weight excluding hydrogens is 1010 g/mol. The number of aromatic nitrogens is 1. The summed E-state index contributed by atoms with van der Waals surface area (Å²) in [6, 6.07) is 8.89. The molecule has 15 nitrogen and oxygen atoms in total. The molecule has 0 aliphatic carbocycles. The first-order chi connectivity index (χ1) is 32.2. The van der Waals surface area contributed by atoms with Crippen LogP contribution in [-0.2, 0) is 35.0 Å². The third kappa shape index (κ3) is 18.6. The fourth-order valence-electron chi connectivity index (χ4n) is 6.81. The Bertz CT molecular complexity index is 2300. The minimum Gasteiger partial charge on any atom is -0.467 e. The Morgan fingerprint density at radius 2 is 1.35 bits per heavy atom. The molecule has 21 heteroatoms. The van der Waals surface area contributed by atoms with Gasteiger partial charge in [0.25, 0.3) is 0 Å². The van der Waals surface area contributed by atoms with Gasteiger partial charge in [0.15, 0.2) is 17.0 Å². The molecule has 0 saturated carbocycles. The van der Waals surface area contributed by atoms with E-state index in [2.05, 4.69) is 23.9 Å². The summed E-state index contributed by atoms with van der Waals surface area (Å²) in [7, 11) is 2.63. The second kappa shape index (κ2) is 27.0. The van der Waals surface area contributed by atoms with E-state index in [4.69, 9.17) is 70.9 Å². The van der Waals surface area contributed by atoms with Crippen molar-refractivity contribution in [2.75, 3.05) is 58.4 Å². The van der Waals surface area contributed by atoms with E-state index < -0.39 is 47.4 Å². The number of carbonyl (C=O) groups excluding carboxylic acids is 5. The summed E-state index contributed by atoms with van der Waals surface area (Å²) in [5.74, 6) is -0.208. The van der Waals surface area contributed by atoms with Crippen molar-refractivity contribution in [2.24, 2.45) is 11.8 Å². The van der Waals surface area contributed by atoms with Crippen LogP contribution in [-0.4, -0.2) is 127 Å². The molecule has 3 heterocycles. The number of anilines is 1. The van der Waals surface area contributed by atoms with Crippen molar-refractivity contribution in [3.05, 3.63) is 66.9 Å². The van der Waals surface area contributed by atoms with Crippen LogP contribution in [0.25, 0.3) is 11.3 Å². The van der Waals surface area contributed by atoms with Crippen LogP contribution in [0, 0.1) is 22.5 Å². The molecule has 2 amide bonds. The number of benzene rings is 2. The van der Waals surface area contributed by atoms with Crippen LogP contribution in [0.3, 0.4) is 0 Å². The molecular formula is C48H64Cl4N6O9S2. The van der Waals surface area contributed by atoms with Crippen molar-refractivity contribution < 1.29 is 42.9 Å². The predicted molar refractivity (Wildman–Crippen MR) is 276 cm³/mol. The molecule has 3 atom stereocenters. The Balaban J connectivity index is 0.000000303. The normalized spacial score (nSPS) is 16.6. The van der Waals surface area contributed by atoms with E-state index in [-0.39, 0.29) is 17.6 Å². The van der Waals surface area contributed by atoms with Gasteiger partial charge in [0.1, 0.15) is 22.6 Å². The molecule has 5 rings (SSSR count). The van der Waals surface area contributed by atoms with Crippen molar-refractivity contribution in [1.29, 1.82) is 5.26 Å². The number of methoxy groups -OCH3 is 2. The van der Waals surface area contributed by atoms with E-state index >= 15 is 0 Å². The first-order valence-electron chi connectivity index (χ1n) is 22.3. The van der Waals surface area contributed by atoms with Crippen molar-refractivity contribution in [2.45, 2.75) is 111 Å². The highest BCUT2D eigenvalue weighted by molar-refractivity contribution is 8.05. The van der Waals surface area contributed by atoms with Gasteiger partial charge in [-0.1, -0.05) is 80.2 Å². The van der Waals surface area contributed by atoms with Crippen LogP contribution in [0.15, 0.2) is 36.4 Å². The van der Waals surface area contributed by atoms with Crippen molar-refractivity contribution in [3.8, 4) is 16.7 Å². The summed E-state index contributed by atoms with van der Waals surface area (Å²) in [6.07, 6.45) is 0.510. The maximum atomic E-state index is 12.8. The van der Waals surface area contributed by atoms with E-state index in [0.29, 0.717) is 76.6 Å². The summed E-state index contributed by atoms with van der Waals surface area (Å²) in [6.45, 7) is 21.7. The van der Waals surface area contributed by atoms with Gasteiger partial charge in [0, 0.05) is 48.7 Å². The van der Waals surface area contributed by atoms with Gasteiger partial charge in [-0.2, -0.15) is 5.26 Å². The lowest BCUT2D eigenvalue weighted by molar-refractivity contribution is -0.147. The number of nitriles is 1. The van der Waals surface area contributed by atoms with Gasteiger partial charge in [0.2, 0.25) is 0 Å². The number of nitrogens with one attached hydrogen (secondary N) is 1. The fraction of sp³-hybridized carbons (Fsp3) is 0.562. The second-order valence-corrected chi connectivity index (χ2v) is 22.6. The number of piperazine rings is 2. The molecule has 0 spiro atoms. The molecule has 1 N–H and O–H groups in total. The minimum absolute atomic E-state index is 0.0752. The Kier molecular flexibility index (Phi) is 23.2. The van der Waals surface area contributed by atoms with E-state index in [9.17, 15) is 24.0 Å². The third-order valence-corrected chi connectivity index (χ3v) is 13.4. The monoisotopic (exact) mass is 1070 g/mol. The smallest absolute Gasteiger partial charge is 0.411 e. The number of amides is 2. The summed E-state index contributed by atoms with van der Waals surface area (Å²) in [5.41, 5.74) is 1.02. The highest BCUT2D eigenvalue weighted by atomic mass is 35.5. The summed E-state index contributed by atoms with van der Waals surface area (Å²) in [5, 5.41) is 16.0. The predicted octanol–water partition coefficient (Wildman–Crippen LogP) is 11.1. The van der Waals surface area contributed by atoms with E-state index in [1.165, 1.54) is 24.0 Å². The number of ketones is 1. The number of Topliss-reactive ketones (excluding diaryl/α,β-unsaturated/α-hetero) is 1. The number of hydrogen-bond donors (Lipinski definition) is 1. The second-order valence-electron chi connectivity index (χ2n) is 18.9. The Labute approximate surface area is 434 Å². The van der Waals surface area contributed by atoms with Gasteiger partial charge < -0.3 is 29.2 Å². The quantitative estimate of drug-likeness (QED) is 0.0829. The van der Waals surface area contributed by atoms with Crippen LogP contribution in [0.1, 0.15) is 90.9 Å². The molecule has 3 aromatic rings. The van der Waals surface area contributed by atoms with Crippen molar-refractivity contribution in [3.63, 3.8) is 0 Å². The highest BCUT2D eigenvalue weighted by Gasteiger charge is 2.40. The van der Waals surface area contributed by atoms with E-state index in [0.717, 1.165) is 39.4 Å². The van der Waals surface area contributed by atoms with Gasteiger partial charge in [-0.3, -0.25) is 14.6 Å². The van der Waals surface area contributed by atoms with Gasteiger partial charge in [-0.25, -0.2) is 24.2 Å². The molecule has 2 aliphatic rings. The van der Waals surface area contributed by atoms with E-state index in [1.807, 2.05) is 36.3 Å². The van der Waals surface area contributed by atoms with Gasteiger partial charge in [0.05, 0.1) is 51.8 Å². The highest BCUT2D eigenvalue weighted by Crippen LogP contribution is 2.38. The first-order valence-corrected chi connectivity index (χ1v) is 25.5. The molecule has 2 saturated heterocycles.